The van der Waals surface area contributed by atoms with Crippen molar-refractivity contribution in [2.75, 3.05) is 0 Å². The monoisotopic (exact) mass is 562 g/mol. The molecule has 7 aromatic carbocycles. The minimum atomic E-state index is 1.04. The van der Waals surface area contributed by atoms with Gasteiger partial charge in [-0.2, -0.15) is 0 Å². The molecule has 0 aliphatic heterocycles. The average Bonchev–Trinajstić information content (AvgIpc) is 3.66. The number of aryl methyl sites for hydroxylation is 4. The van der Waals surface area contributed by atoms with E-state index in [9.17, 15) is 0 Å². The third kappa shape index (κ3) is 3.91. The van der Waals surface area contributed by atoms with Crippen LogP contribution in [0, 0.1) is 27.7 Å². The summed E-state index contributed by atoms with van der Waals surface area (Å²) in [5.74, 6) is 0. The van der Waals surface area contributed by atoms with Gasteiger partial charge in [-0.25, -0.2) is 0 Å². The average molecular weight is 563 g/mol. The Morgan fingerprint density at radius 2 is 0.636 bits per heavy atom. The van der Waals surface area contributed by atoms with Crippen LogP contribution in [0.1, 0.15) is 44.5 Å². The first-order valence-corrected chi connectivity index (χ1v) is 15.9. The highest BCUT2D eigenvalue weighted by molar-refractivity contribution is 6.03. The van der Waals surface area contributed by atoms with Crippen molar-refractivity contribution in [3.05, 3.63) is 142 Å². The number of hydrogen-bond donors (Lipinski definition) is 0. The number of hydrogen-bond acceptors (Lipinski definition) is 0. The first-order chi connectivity index (χ1) is 21.4. The van der Waals surface area contributed by atoms with Crippen LogP contribution < -0.4 is 0 Å². The molecule has 2 aliphatic carbocycles. The third-order valence-electron chi connectivity index (χ3n) is 10.2. The van der Waals surface area contributed by atoms with E-state index in [0.717, 1.165) is 12.8 Å². The van der Waals surface area contributed by atoms with Crippen molar-refractivity contribution in [2.24, 2.45) is 0 Å². The van der Waals surface area contributed by atoms with Crippen LogP contribution >= 0.6 is 0 Å². The topological polar surface area (TPSA) is 0 Å². The molecule has 0 fully saturated rings. The third-order valence-corrected chi connectivity index (χ3v) is 10.2. The van der Waals surface area contributed by atoms with Crippen LogP contribution in [0.15, 0.2) is 97.1 Å². The van der Waals surface area contributed by atoms with Gasteiger partial charge >= 0.3 is 0 Å². The molecule has 2 aliphatic rings. The van der Waals surface area contributed by atoms with Crippen molar-refractivity contribution < 1.29 is 0 Å². The zero-order chi connectivity index (χ0) is 29.7. The number of allylic oxidation sites excluding steroid dienone is 2. The maximum atomic E-state index is 2.42. The lowest BCUT2D eigenvalue weighted by atomic mass is 9.87. The number of rotatable bonds is 2. The molecule has 0 heterocycles. The molecule has 44 heavy (non-hydrogen) atoms. The van der Waals surface area contributed by atoms with Gasteiger partial charge in [0.25, 0.3) is 0 Å². The highest BCUT2D eigenvalue weighted by Gasteiger charge is 2.15. The van der Waals surface area contributed by atoms with Crippen molar-refractivity contribution in [3.63, 3.8) is 0 Å². The van der Waals surface area contributed by atoms with Gasteiger partial charge in [0.1, 0.15) is 0 Å². The summed E-state index contributed by atoms with van der Waals surface area (Å²) in [6.07, 6.45) is 11.1. The first kappa shape index (κ1) is 25.5. The van der Waals surface area contributed by atoms with Crippen LogP contribution in [0.3, 0.4) is 0 Å². The SMILES string of the molecule is Cc1cc(-c2cc3cc4cc5c(cc4cc3cc2C)C=CC5)c(C)cc1-c1cc2cc3cc4c(cc3cc2cc1C)C=CC4. The van der Waals surface area contributed by atoms with E-state index in [2.05, 4.69) is 137 Å². The molecule has 0 heteroatoms. The molecule has 7 aromatic rings. The van der Waals surface area contributed by atoms with E-state index in [1.54, 1.807) is 0 Å². The molecule has 0 amide bonds. The maximum Gasteiger partial charge on any atom is -0.00880 e. The molecule has 0 saturated carbocycles. The second-order valence-electron chi connectivity index (χ2n) is 13.2. The number of benzene rings is 7. The fraction of sp³-hybridized carbons (Fsp3) is 0.136. The van der Waals surface area contributed by atoms with Crippen LogP contribution in [-0.4, -0.2) is 0 Å². The molecule has 0 saturated heterocycles. The lowest BCUT2D eigenvalue weighted by Crippen LogP contribution is -1.94. The zero-order valence-electron chi connectivity index (χ0n) is 25.8. The van der Waals surface area contributed by atoms with Crippen LogP contribution in [-0.2, 0) is 12.8 Å². The zero-order valence-corrected chi connectivity index (χ0v) is 25.8. The van der Waals surface area contributed by atoms with Gasteiger partial charge in [-0.15, -0.1) is 0 Å². The summed E-state index contributed by atoms with van der Waals surface area (Å²) in [6, 6.07) is 33.4. The van der Waals surface area contributed by atoms with Gasteiger partial charge in [0.05, 0.1) is 0 Å². The summed E-state index contributed by atoms with van der Waals surface area (Å²) >= 11 is 0. The van der Waals surface area contributed by atoms with E-state index in [1.807, 2.05) is 0 Å². The molecule has 0 radical (unpaired) electrons. The van der Waals surface area contributed by atoms with Crippen molar-refractivity contribution in [3.8, 4) is 22.3 Å². The van der Waals surface area contributed by atoms with E-state index in [1.165, 1.54) is 110 Å². The largest absolute Gasteiger partial charge is 0.0795 e. The van der Waals surface area contributed by atoms with Crippen molar-refractivity contribution >= 4 is 55.2 Å². The van der Waals surface area contributed by atoms with Gasteiger partial charge in [-0.1, -0.05) is 60.7 Å². The minimum absolute atomic E-state index is 1.04. The van der Waals surface area contributed by atoms with Gasteiger partial charge in [-0.3, -0.25) is 0 Å². The standard InChI is InChI=1S/C44H34/c1-25-11-33-19-35-15-29-7-5-9-31(29)17-37(35)21-39(33)23-43(25)41-13-28(4)42(14-27(41)3)44-24-40-22-38-18-32-10-6-8-30(32)16-36(38)20-34(40)12-26(44)2/h5-8,11-24H,9-10H2,1-4H3. The van der Waals surface area contributed by atoms with Crippen molar-refractivity contribution in [1.29, 1.82) is 0 Å². The van der Waals surface area contributed by atoms with Gasteiger partial charge < -0.3 is 0 Å². The van der Waals surface area contributed by atoms with E-state index in [-0.39, 0.29) is 0 Å². The minimum Gasteiger partial charge on any atom is -0.0795 e. The quantitative estimate of drug-likeness (QED) is 0.184. The van der Waals surface area contributed by atoms with Gasteiger partial charge in [0.15, 0.2) is 0 Å². The molecule has 0 N–H and O–H groups in total. The molecule has 0 bridgehead atoms. The molecule has 0 atom stereocenters. The summed E-state index contributed by atoms with van der Waals surface area (Å²) in [7, 11) is 0. The molecule has 210 valence electrons. The molecule has 0 nitrogen and oxygen atoms in total. The molecule has 0 aromatic heterocycles. The maximum absolute atomic E-state index is 2.42. The molecule has 0 unspecified atom stereocenters. The Kier molecular flexibility index (Phi) is 5.39. The second-order valence-corrected chi connectivity index (χ2v) is 13.2. The summed E-state index contributed by atoms with van der Waals surface area (Å²) in [5, 5.41) is 10.6. The Hall–Kier alpha value is -4.94. The summed E-state index contributed by atoms with van der Waals surface area (Å²) in [4.78, 5) is 0. The molecule has 9 rings (SSSR count). The normalized spacial score (nSPS) is 13.5. The van der Waals surface area contributed by atoms with Crippen LogP contribution in [0.5, 0.6) is 0 Å². The lowest BCUT2D eigenvalue weighted by molar-refractivity contribution is 1.32. The van der Waals surface area contributed by atoms with E-state index >= 15 is 0 Å². The Morgan fingerprint density at radius 1 is 0.318 bits per heavy atom. The Morgan fingerprint density at radius 3 is 1.07 bits per heavy atom. The predicted molar refractivity (Wildman–Crippen MR) is 192 cm³/mol. The molecule has 0 spiro atoms. The van der Waals surface area contributed by atoms with Gasteiger partial charge in [-0.05, 0) is 199 Å². The molecular formula is C44H34. The fourth-order valence-electron chi connectivity index (χ4n) is 7.83. The Balaban J connectivity index is 1.15. The Bertz CT molecular complexity index is 2290. The number of fused-ring (bicyclic) bond motifs is 6. The van der Waals surface area contributed by atoms with E-state index in [4.69, 9.17) is 0 Å². The highest BCUT2D eigenvalue weighted by Crippen LogP contribution is 2.39. The summed E-state index contributed by atoms with van der Waals surface area (Å²) < 4.78 is 0. The van der Waals surface area contributed by atoms with Gasteiger partial charge in [0.2, 0.25) is 0 Å². The smallest absolute Gasteiger partial charge is 0.00880 e. The van der Waals surface area contributed by atoms with E-state index in [0.29, 0.717) is 0 Å². The van der Waals surface area contributed by atoms with Crippen molar-refractivity contribution in [2.45, 2.75) is 40.5 Å². The lowest BCUT2D eigenvalue weighted by Gasteiger charge is -2.18. The predicted octanol–water partition coefficient (Wildman–Crippen LogP) is 12.0. The van der Waals surface area contributed by atoms with E-state index < -0.39 is 0 Å². The second kappa shape index (κ2) is 9.28. The van der Waals surface area contributed by atoms with Crippen LogP contribution in [0.4, 0.5) is 0 Å². The summed E-state index contributed by atoms with van der Waals surface area (Å²) in [6.45, 7) is 9.07. The first-order valence-electron chi connectivity index (χ1n) is 15.9. The van der Waals surface area contributed by atoms with Crippen LogP contribution in [0.25, 0.3) is 77.5 Å². The van der Waals surface area contributed by atoms with Crippen molar-refractivity contribution in [1.82, 2.24) is 0 Å². The van der Waals surface area contributed by atoms with Gasteiger partial charge in [0, 0.05) is 0 Å². The Labute approximate surface area is 259 Å². The molecular weight excluding hydrogens is 528 g/mol. The fourth-order valence-corrected chi connectivity index (χ4v) is 7.83. The summed E-state index contributed by atoms with van der Waals surface area (Å²) in [5.41, 5.74) is 16.2. The van der Waals surface area contributed by atoms with Crippen LogP contribution in [0.2, 0.25) is 0 Å². The highest BCUT2D eigenvalue weighted by atomic mass is 14.2.